The van der Waals surface area contributed by atoms with Crippen LogP contribution in [0, 0.1) is 11.3 Å². The van der Waals surface area contributed by atoms with Gasteiger partial charge in [-0.25, -0.2) is 0 Å². The molecular formula is C20H21N3O. The summed E-state index contributed by atoms with van der Waals surface area (Å²) in [6.45, 7) is 2.64. The second-order valence-electron chi connectivity index (χ2n) is 6.10. The monoisotopic (exact) mass is 319 g/mol. The molecule has 0 bridgehead atoms. The van der Waals surface area contributed by atoms with Gasteiger partial charge in [0.05, 0.1) is 12.5 Å². The van der Waals surface area contributed by atoms with E-state index in [9.17, 15) is 10.1 Å². The van der Waals surface area contributed by atoms with Crippen molar-refractivity contribution in [2.45, 2.75) is 19.0 Å². The fourth-order valence-electron chi connectivity index (χ4n) is 3.06. The Balaban J connectivity index is 1.60. The third-order valence-electron chi connectivity index (χ3n) is 4.42. The number of hydrogen-bond donors (Lipinski definition) is 0. The Bertz CT molecular complexity index is 709. The number of nitriles is 1. The van der Waals surface area contributed by atoms with Gasteiger partial charge in [0.25, 0.3) is 0 Å². The maximum atomic E-state index is 12.5. The molecule has 0 spiro atoms. The number of amides is 1. The summed E-state index contributed by atoms with van der Waals surface area (Å²) in [5.74, 6) is 0.0980. The Labute approximate surface area is 142 Å². The summed E-state index contributed by atoms with van der Waals surface area (Å²) in [5, 5.41) is 9.50. The predicted octanol–water partition coefficient (Wildman–Crippen LogP) is 2.47. The van der Waals surface area contributed by atoms with Crippen molar-refractivity contribution in [2.75, 3.05) is 19.6 Å². The number of carbonyl (C=O) groups is 1. The van der Waals surface area contributed by atoms with E-state index in [1.807, 2.05) is 53.4 Å². The lowest BCUT2D eigenvalue weighted by Crippen LogP contribution is -2.54. The molecule has 1 aliphatic heterocycles. The highest BCUT2D eigenvalue weighted by molar-refractivity contribution is 5.79. The zero-order valence-electron chi connectivity index (χ0n) is 13.6. The van der Waals surface area contributed by atoms with Gasteiger partial charge in [-0.3, -0.25) is 9.69 Å². The van der Waals surface area contributed by atoms with Gasteiger partial charge in [-0.15, -0.1) is 0 Å². The van der Waals surface area contributed by atoms with E-state index in [2.05, 4.69) is 23.1 Å². The molecule has 2 aromatic rings. The molecule has 4 nitrogen and oxygen atoms in total. The van der Waals surface area contributed by atoms with Gasteiger partial charge in [0.15, 0.2) is 0 Å². The fourth-order valence-corrected chi connectivity index (χ4v) is 3.06. The fraction of sp³-hybridized carbons (Fsp3) is 0.300. The summed E-state index contributed by atoms with van der Waals surface area (Å²) in [5.41, 5.74) is 2.21. The maximum Gasteiger partial charge on any atom is 0.227 e. The van der Waals surface area contributed by atoms with E-state index in [4.69, 9.17) is 0 Å². The molecule has 1 amide bonds. The van der Waals surface area contributed by atoms with Crippen LogP contribution in [0.1, 0.15) is 11.1 Å². The summed E-state index contributed by atoms with van der Waals surface area (Å²) < 4.78 is 0. The van der Waals surface area contributed by atoms with Gasteiger partial charge in [-0.2, -0.15) is 5.26 Å². The first-order valence-electron chi connectivity index (χ1n) is 8.25. The average Bonchev–Trinajstić information content (AvgIpc) is 2.63. The van der Waals surface area contributed by atoms with E-state index >= 15 is 0 Å². The number of benzene rings is 2. The van der Waals surface area contributed by atoms with Crippen molar-refractivity contribution in [1.29, 1.82) is 5.26 Å². The lowest BCUT2D eigenvalue weighted by atomic mass is 10.1. The Morgan fingerprint density at radius 3 is 2.25 bits per heavy atom. The van der Waals surface area contributed by atoms with E-state index in [1.165, 1.54) is 5.56 Å². The van der Waals surface area contributed by atoms with Crippen molar-refractivity contribution in [3.05, 3.63) is 71.8 Å². The standard InChI is InChI=1S/C20H21N3O/c21-14-19-16-23(20(24)13-17-7-3-1-4-8-17)12-11-22(19)15-18-9-5-2-6-10-18/h1-10,19H,11-13,15-16H2. The summed E-state index contributed by atoms with van der Waals surface area (Å²) in [6.07, 6.45) is 0.400. The zero-order valence-corrected chi connectivity index (χ0v) is 13.6. The number of nitrogens with zero attached hydrogens (tertiary/aromatic N) is 3. The third kappa shape index (κ3) is 4.01. The molecule has 122 valence electrons. The first-order chi connectivity index (χ1) is 11.8. The first-order valence-corrected chi connectivity index (χ1v) is 8.25. The molecule has 0 aliphatic carbocycles. The SMILES string of the molecule is N#CC1CN(C(=O)Cc2ccccc2)CCN1Cc1ccccc1. The highest BCUT2D eigenvalue weighted by atomic mass is 16.2. The summed E-state index contributed by atoms with van der Waals surface area (Å²) in [6, 6.07) is 22.0. The third-order valence-corrected chi connectivity index (χ3v) is 4.42. The number of carbonyl (C=O) groups excluding carboxylic acids is 1. The van der Waals surface area contributed by atoms with Crippen molar-refractivity contribution in [3.63, 3.8) is 0 Å². The molecule has 1 heterocycles. The molecule has 1 fully saturated rings. The number of piperazine rings is 1. The van der Waals surface area contributed by atoms with E-state index in [1.54, 1.807) is 0 Å². The molecule has 24 heavy (non-hydrogen) atoms. The normalized spacial score (nSPS) is 18.1. The van der Waals surface area contributed by atoms with Crippen LogP contribution in [-0.4, -0.2) is 41.4 Å². The first kappa shape index (κ1) is 16.2. The molecule has 1 saturated heterocycles. The van der Waals surface area contributed by atoms with Gasteiger partial charge in [0, 0.05) is 26.2 Å². The zero-order chi connectivity index (χ0) is 16.8. The van der Waals surface area contributed by atoms with Crippen molar-refractivity contribution in [2.24, 2.45) is 0 Å². The highest BCUT2D eigenvalue weighted by Gasteiger charge is 2.29. The smallest absolute Gasteiger partial charge is 0.227 e. The van der Waals surface area contributed by atoms with Crippen LogP contribution in [0.2, 0.25) is 0 Å². The predicted molar refractivity (Wildman–Crippen MR) is 93.0 cm³/mol. The topological polar surface area (TPSA) is 47.3 Å². The second kappa shape index (κ2) is 7.76. The van der Waals surface area contributed by atoms with E-state index < -0.39 is 0 Å². The molecule has 2 aromatic carbocycles. The molecule has 0 saturated carbocycles. The van der Waals surface area contributed by atoms with Crippen LogP contribution in [-0.2, 0) is 17.8 Å². The van der Waals surface area contributed by atoms with Crippen molar-refractivity contribution in [1.82, 2.24) is 9.80 Å². The van der Waals surface area contributed by atoms with Crippen LogP contribution in [0.15, 0.2) is 60.7 Å². The molecule has 4 heteroatoms. The van der Waals surface area contributed by atoms with Crippen molar-refractivity contribution >= 4 is 5.91 Å². The van der Waals surface area contributed by atoms with Gasteiger partial charge in [-0.1, -0.05) is 60.7 Å². The second-order valence-corrected chi connectivity index (χ2v) is 6.10. The summed E-state index contributed by atoms with van der Waals surface area (Å²) >= 11 is 0. The highest BCUT2D eigenvalue weighted by Crippen LogP contribution is 2.15. The molecule has 1 unspecified atom stereocenters. The molecule has 0 radical (unpaired) electrons. The van der Waals surface area contributed by atoms with E-state index in [0.29, 0.717) is 19.5 Å². The van der Waals surface area contributed by atoms with Crippen LogP contribution < -0.4 is 0 Å². The Morgan fingerprint density at radius 2 is 1.62 bits per heavy atom. The van der Waals surface area contributed by atoms with E-state index in [0.717, 1.165) is 18.7 Å². The van der Waals surface area contributed by atoms with Gasteiger partial charge in [0.1, 0.15) is 6.04 Å². The minimum Gasteiger partial charge on any atom is -0.338 e. The van der Waals surface area contributed by atoms with Gasteiger partial charge < -0.3 is 4.90 Å². The minimum absolute atomic E-state index is 0.0980. The summed E-state index contributed by atoms with van der Waals surface area (Å²) in [4.78, 5) is 16.5. The molecule has 0 N–H and O–H groups in total. The largest absolute Gasteiger partial charge is 0.338 e. The average molecular weight is 319 g/mol. The Hall–Kier alpha value is -2.64. The summed E-state index contributed by atoms with van der Waals surface area (Å²) in [7, 11) is 0. The van der Waals surface area contributed by atoms with Crippen molar-refractivity contribution in [3.8, 4) is 6.07 Å². The van der Waals surface area contributed by atoms with Gasteiger partial charge in [0.2, 0.25) is 5.91 Å². The maximum absolute atomic E-state index is 12.5. The molecule has 1 atom stereocenters. The Kier molecular flexibility index (Phi) is 5.25. The lowest BCUT2D eigenvalue weighted by molar-refractivity contribution is -0.133. The number of hydrogen-bond acceptors (Lipinski definition) is 3. The van der Waals surface area contributed by atoms with Gasteiger partial charge in [-0.05, 0) is 11.1 Å². The van der Waals surface area contributed by atoms with Crippen LogP contribution in [0.3, 0.4) is 0 Å². The van der Waals surface area contributed by atoms with Gasteiger partial charge >= 0.3 is 0 Å². The van der Waals surface area contributed by atoms with Crippen LogP contribution in [0.4, 0.5) is 0 Å². The quantitative estimate of drug-likeness (QED) is 0.870. The van der Waals surface area contributed by atoms with Crippen LogP contribution in [0.25, 0.3) is 0 Å². The molecule has 0 aromatic heterocycles. The Morgan fingerprint density at radius 1 is 1.00 bits per heavy atom. The molecule has 1 aliphatic rings. The van der Waals surface area contributed by atoms with E-state index in [-0.39, 0.29) is 11.9 Å². The minimum atomic E-state index is -0.251. The van der Waals surface area contributed by atoms with Crippen molar-refractivity contribution < 1.29 is 4.79 Å². The molecular weight excluding hydrogens is 298 g/mol. The number of rotatable bonds is 4. The van der Waals surface area contributed by atoms with Crippen LogP contribution >= 0.6 is 0 Å². The lowest BCUT2D eigenvalue weighted by Gasteiger charge is -2.38. The molecule has 3 rings (SSSR count). The van der Waals surface area contributed by atoms with Crippen LogP contribution in [0.5, 0.6) is 0 Å².